The van der Waals surface area contributed by atoms with Crippen LogP contribution in [0.1, 0.15) is 0 Å². The first-order valence-corrected chi connectivity index (χ1v) is 5.16. The Hall–Kier alpha value is -1.24. The van der Waals surface area contributed by atoms with Crippen LogP contribution in [-0.2, 0) is 4.79 Å². The predicted molar refractivity (Wildman–Crippen MR) is 54.6 cm³/mol. The molecule has 1 unspecified atom stereocenters. The first-order chi connectivity index (χ1) is 6.24. The Morgan fingerprint density at radius 2 is 2.31 bits per heavy atom. The molecule has 0 N–H and O–H groups in total. The van der Waals surface area contributed by atoms with E-state index in [9.17, 15) is 9.69 Å². The van der Waals surface area contributed by atoms with E-state index in [2.05, 4.69) is 6.58 Å². The maximum atomic E-state index is 11.2. The Labute approximate surface area is 78.1 Å². The van der Waals surface area contributed by atoms with Crippen LogP contribution in [-0.4, -0.2) is 11.6 Å². The highest BCUT2D eigenvalue weighted by Gasteiger charge is 2.00. The van der Waals surface area contributed by atoms with Gasteiger partial charge in [-0.1, -0.05) is 6.58 Å². The van der Waals surface area contributed by atoms with Crippen LogP contribution in [0.25, 0.3) is 0 Å². The van der Waals surface area contributed by atoms with E-state index in [1.807, 2.05) is 0 Å². The normalized spacial score (nSPS) is 28.4. The van der Waals surface area contributed by atoms with Crippen LogP contribution in [0.3, 0.4) is 0 Å². The number of rotatable bonds is 2. The van der Waals surface area contributed by atoms with Crippen molar-refractivity contribution in [2.45, 2.75) is 0 Å². The van der Waals surface area contributed by atoms with Gasteiger partial charge in [0.25, 0.3) is 0 Å². The molecule has 0 fully saturated rings. The fraction of sp³-hybridized carbons (Fsp3) is 0. The first kappa shape index (κ1) is 9.85. The van der Waals surface area contributed by atoms with Gasteiger partial charge in [-0.05, 0) is 30.4 Å². The van der Waals surface area contributed by atoms with Gasteiger partial charge in [-0.2, -0.15) is 0 Å². The minimum absolute atomic E-state index is 0.133. The zero-order valence-corrected chi connectivity index (χ0v) is 7.91. The van der Waals surface area contributed by atoms with Crippen molar-refractivity contribution in [2.24, 2.45) is 0 Å². The van der Waals surface area contributed by atoms with Crippen LogP contribution in [0.5, 0.6) is 0 Å². The van der Waals surface area contributed by atoms with Crippen LogP contribution in [0.15, 0.2) is 48.3 Å². The summed E-state index contributed by atoms with van der Waals surface area (Å²) in [5.41, 5.74) is 0.547. The lowest BCUT2D eigenvalue weighted by Crippen LogP contribution is -1.95. The topological polar surface area (TPSA) is 40.1 Å². The molecule has 0 spiro atoms. The van der Waals surface area contributed by atoms with Crippen molar-refractivity contribution in [1.82, 2.24) is 0 Å². The standard InChI is InChI=1S/C10H9O2P/c1-2-10(11)9-5-3-7-13(12)8-4-6-9/h2-8H,1H2/b5-3-,6-4?,7-3?,8-4-,9-5?,9-6+. The summed E-state index contributed by atoms with van der Waals surface area (Å²) in [4.78, 5) is 22.2. The molecule has 1 rings (SSSR count). The van der Waals surface area contributed by atoms with Crippen LogP contribution in [0.2, 0.25) is 0 Å². The second-order valence-electron chi connectivity index (χ2n) is 2.40. The summed E-state index contributed by atoms with van der Waals surface area (Å²) in [5.74, 6) is 2.97. The van der Waals surface area contributed by atoms with E-state index in [4.69, 9.17) is 0 Å². The molecule has 13 heavy (non-hydrogen) atoms. The zero-order chi connectivity index (χ0) is 9.68. The molecule has 2 nitrogen and oxygen atoms in total. The molecule has 0 aromatic heterocycles. The highest BCUT2D eigenvalue weighted by molar-refractivity contribution is 7.53. The molecule has 1 atom stereocenters. The van der Waals surface area contributed by atoms with Crippen molar-refractivity contribution in [3.8, 4) is 0 Å². The molecule has 0 bridgehead atoms. The van der Waals surface area contributed by atoms with Gasteiger partial charge in [0.1, 0.15) is 11.6 Å². The third-order valence-corrected chi connectivity index (χ3v) is 2.42. The minimum atomic E-state index is -1.40. The Morgan fingerprint density at radius 1 is 1.54 bits per heavy atom. The summed E-state index contributed by atoms with van der Waals surface area (Å²) in [7, 11) is -1.40. The number of hydrogen-bond acceptors (Lipinski definition) is 2. The fourth-order valence-electron chi connectivity index (χ4n) is 0.850. The van der Waals surface area contributed by atoms with E-state index in [-0.39, 0.29) is 5.78 Å². The van der Waals surface area contributed by atoms with Gasteiger partial charge in [0.05, 0.1) is 7.77 Å². The quantitative estimate of drug-likeness (QED) is 0.489. The molecular formula is C10H9O2P. The van der Waals surface area contributed by atoms with Crippen molar-refractivity contribution < 1.29 is 9.69 Å². The molecule has 0 saturated carbocycles. The van der Waals surface area contributed by atoms with Gasteiger partial charge in [0, 0.05) is 5.57 Å². The van der Waals surface area contributed by atoms with Gasteiger partial charge < -0.3 is 4.89 Å². The van der Waals surface area contributed by atoms with E-state index in [0.717, 1.165) is 0 Å². The Morgan fingerprint density at radius 3 is 3.00 bits per heavy atom. The molecule has 3 heteroatoms. The molecule has 1 heterocycles. The molecule has 0 aromatic carbocycles. The van der Waals surface area contributed by atoms with E-state index in [0.29, 0.717) is 5.57 Å². The Balaban J connectivity index is 2.92. The second kappa shape index (κ2) is 4.70. The molecule has 1 aliphatic heterocycles. The monoisotopic (exact) mass is 192 g/mol. The summed E-state index contributed by atoms with van der Waals surface area (Å²) in [5, 5.41) is 0. The van der Waals surface area contributed by atoms with E-state index >= 15 is 0 Å². The molecule has 0 radical (unpaired) electrons. The lowest BCUT2D eigenvalue weighted by atomic mass is 10.1. The summed E-state index contributed by atoms with van der Waals surface area (Å²) in [6, 6.07) is 0. The van der Waals surface area contributed by atoms with Gasteiger partial charge in [-0.25, -0.2) is 0 Å². The highest BCUT2D eigenvalue weighted by atomic mass is 31.1. The van der Waals surface area contributed by atoms with E-state index < -0.39 is 7.77 Å². The predicted octanol–water partition coefficient (Wildman–Crippen LogP) is 1.31. The lowest BCUT2D eigenvalue weighted by molar-refractivity contribution is -0.150. The van der Waals surface area contributed by atoms with Crippen molar-refractivity contribution >= 4 is 19.4 Å². The van der Waals surface area contributed by atoms with Crippen molar-refractivity contribution in [3.63, 3.8) is 0 Å². The number of carbonyl (C=O) groups excluding carboxylic acids is 1. The smallest absolute Gasteiger partial charge is 0.185 e. The molecule has 0 aliphatic carbocycles. The average molecular weight is 192 g/mol. The minimum Gasteiger partial charge on any atom is -0.626 e. The third kappa shape index (κ3) is 2.94. The summed E-state index contributed by atoms with van der Waals surface area (Å²) in [6.07, 6.45) is 7.75. The molecule has 0 amide bonds. The molecular weight excluding hydrogens is 183 g/mol. The number of hydrogen-bond donors (Lipinski definition) is 0. The molecule has 0 saturated heterocycles. The van der Waals surface area contributed by atoms with Gasteiger partial charge in [0.15, 0.2) is 5.78 Å². The summed E-state index contributed by atoms with van der Waals surface area (Å²) in [6.45, 7) is 3.39. The van der Waals surface area contributed by atoms with E-state index in [1.54, 1.807) is 35.9 Å². The zero-order valence-electron chi connectivity index (χ0n) is 7.01. The van der Waals surface area contributed by atoms with Crippen LogP contribution < -0.4 is 4.89 Å². The van der Waals surface area contributed by atoms with Gasteiger partial charge >= 0.3 is 0 Å². The van der Waals surface area contributed by atoms with Crippen LogP contribution >= 0.6 is 7.77 Å². The van der Waals surface area contributed by atoms with Crippen LogP contribution in [0, 0.1) is 0 Å². The van der Waals surface area contributed by atoms with Gasteiger partial charge in [0.2, 0.25) is 0 Å². The maximum absolute atomic E-state index is 11.2. The average Bonchev–Trinajstić information content (AvgIpc) is 2.10. The SMILES string of the molecule is C=CC(=O)C1=C/C=C\[P+]([O-])=C/C=C\1. The Kier molecular flexibility index (Phi) is 3.56. The highest BCUT2D eigenvalue weighted by Crippen LogP contribution is 2.14. The number of carbonyl (C=O) groups is 1. The second-order valence-corrected chi connectivity index (χ2v) is 3.72. The summed E-state index contributed by atoms with van der Waals surface area (Å²) < 4.78 is 0. The number of ketones is 1. The largest absolute Gasteiger partial charge is 0.626 e. The molecule has 0 aromatic rings. The molecule has 66 valence electrons. The van der Waals surface area contributed by atoms with Gasteiger partial charge in [-0.15, -0.1) is 0 Å². The summed E-state index contributed by atoms with van der Waals surface area (Å²) >= 11 is 0. The first-order valence-electron chi connectivity index (χ1n) is 3.76. The van der Waals surface area contributed by atoms with Crippen molar-refractivity contribution in [1.29, 1.82) is 0 Å². The molecule has 1 aliphatic rings. The maximum Gasteiger partial charge on any atom is 0.185 e. The van der Waals surface area contributed by atoms with Gasteiger partial charge in [-0.3, -0.25) is 4.79 Å². The third-order valence-electron chi connectivity index (χ3n) is 1.49. The van der Waals surface area contributed by atoms with Crippen molar-refractivity contribution in [2.75, 3.05) is 0 Å². The number of allylic oxidation sites excluding steroid dienone is 6. The Bertz CT molecular complexity index is 346. The van der Waals surface area contributed by atoms with Crippen molar-refractivity contribution in [3.05, 3.63) is 48.3 Å². The lowest BCUT2D eigenvalue weighted by Gasteiger charge is -1.95. The fourth-order valence-corrected chi connectivity index (χ4v) is 1.46. The van der Waals surface area contributed by atoms with E-state index in [1.165, 1.54) is 6.08 Å². The van der Waals surface area contributed by atoms with Crippen LogP contribution in [0.4, 0.5) is 0 Å².